The Morgan fingerprint density at radius 3 is 2.64 bits per heavy atom. The van der Waals surface area contributed by atoms with Gasteiger partial charge in [0, 0.05) is 37.8 Å². The summed E-state index contributed by atoms with van der Waals surface area (Å²) in [6, 6.07) is 7.58. The molecule has 1 saturated carbocycles. The highest BCUT2D eigenvalue weighted by molar-refractivity contribution is 8.01. The smallest absolute Gasteiger partial charge is 0.236 e. The van der Waals surface area contributed by atoms with Crippen LogP contribution in [0.5, 0.6) is 5.88 Å². The fourth-order valence-corrected chi connectivity index (χ4v) is 5.18. The van der Waals surface area contributed by atoms with Crippen molar-refractivity contribution in [3.63, 3.8) is 0 Å². The van der Waals surface area contributed by atoms with Crippen molar-refractivity contribution in [2.45, 2.75) is 51.7 Å². The van der Waals surface area contributed by atoms with Crippen LogP contribution in [0.15, 0.2) is 24.4 Å². The number of nitriles is 1. The van der Waals surface area contributed by atoms with Crippen LogP contribution in [-0.4, -0.2) is 67.7 Å². The van der Waals surface area contributed by atoms with E-state index >= 15 is 0 Å². The third-order valence-corrected chi connectivity index (χ3v) is 7.64. The summed E-state index contributed by atoms with van der Waals surface area (Å²) in [5, 5.41) is 12.8. The van der Waals surface area contributed by atoms with Gasteiger partial charge in [0.25, 0.3) is 0 Å². The molecule has 13 heteroatoms. The SMILES string of the molecule is CC(=O)S(=O)Nc1cnc2cc(N3CCOCC3)nc(OC3CCC(Nc4nc(C)cc(C#N)n4)CC3)c2c1. The molecule has 0 spiro atoms. The van der Waals surface area contributed by atoms with Gasteiger partial charge in [-0.15, -0.1) is 0 Å². The van der Waals surface area contributed by atoms with E-state index < -0.39 is 16.1 Å². The number of rotatable bonds is 7. The van der Waals surface area contributed by atoms with Crippen LogP contribution in [0.3, 0.4) is 0 Å². The highest BCUT2D eigenvalue weighted by atomic mass is 32.2. The van der Waals surface area contributed by atoms with E-state index in [0.717, 1.165) is 50.3 Å². The Hall–Kier alpha value is -3.89. The quantitative estimate of drug-likeness (QED) is 0.446. The lowest BCUT2D eigenvalue weighted by Gasteiger charge is -2.31. The van der Waals surface area contributed by atoms with Gasteiger partial charge in [-0.1, -0.05) is 0 Å². The maximum Gasteiger partial charge on any atom is 0.236 e. The minimum atomic E-state index is -1.86. The van der Waals surface area contributed by atoms with Crippen LogP contribution < -0.4 is 19.7 Å². The Balaban J connectivity index is 1.34. The fraction of sp³-hybridized carbons (Fsp3) is 0.462. The van der Waals surface area contributed by atoms with Gasteiger partial charge in [-0.2, -0.15) is 10.2 Å². The molecular weight excluding hydrogens is 520 g/mol. The number of aryl methyl sites for hydroxylation is 1. The lowest BCUT2D eigenvalue weighted by atomic mass is 9.93. The van der Waals surface area contributed by atoms with Crippen LogP contribution in [0.4, 0.5) is 17.5 Å². The molecule has 3 aromatic heterocycles. The molecule has 12 nitrogen and oxygen atoms in total. The first kappa shape index (κ1) is 26.7. The van der Waals surface area contributed by atoms with Crippen molar-refractivity contribution in [1.29, 1.82) is 5.26 Å². The predicted molar refractivity (Wildman–Crippen MR) is 147 cm³/mol. The molecule has 5 rings (SSSR count). The molecule has 0 bridgehead atoms. The number of pyridine rings is 2. The molecule has 0 radical (unpaired) electrons. The van der Waals surface area contributed by atoms with Crippen molar-refractivity contribution >= 4 is 44.5 Å². The molecule has 3 aromatic rings. The van der Waals surface area contributed by atoms with Crippen LogP contribution in [0.1, 0.15) is 44.0 Å². The summed E-state index contributed by atoms with van der Waals surface area (Å²) >= 11 is 0. The number of hydrogen-bond acceptors (Lipinski definition) is 11. The van der Waals surface area contributed by atoms with E-state index in [0.29, 0.717) is 47.3 Å². The molecule has 2 fully saturated rings. The molecule has 1 saturated heterocycles. The number of hydrogen-bond donors (Lipinski definition) is 2. The maximum absolute atomic E-state index is 12.1. The van der Waals surface area contributed by atoms with Gasteiger partial charge in [0.2, 0.25) is 16.9 Å². The number of morpholine rings is 1. The van der Waals surface area contributed by atoms with Crippen LogP contribution in [-0.2, 0) is 20.5 Å². The van der Waals surface area contributed by atoms with Crippen LogP contribution in [0, 0.1) is 18.3 Å². The molecule has 2 N–H and O–H groups in total. The number of carbonyl (C=O) groups excluding carboxylic acids is 1. The topological polar surface area (TPSA) is 155 Å². The predicted octanol–water partition coefficient (Wildman–Crippen LogP) is 2.86. The van der Waals surface area contributed by atoms with Crippen molar-refractivity contribution < 1.29 is 18.5 Å². The number of ether oxygens (including phenoxy) is 2. The van der Waals surface area contributed by atoms with Crippen LogP contribution in [0.2, 0.25) is 0 Å². The van der Waals surface area contributed by atoms with Crippen molar-refractivity contribution in [2.75, 3.05) is 41.2 Å². The molecular formula is C26H30N8O4S. The number of carbonyl (C=O) groups is 1. The Morgan fingerprint density at radius 1 is 1.15 bits per heavy atom. The Labute approximate surface area is 228 Å². The molecule has 1 aliphatic heterocycles. The highest BCUT2D eigenvalue weighted by Gasteiger charge is 2.25. The average Bonchev–Trinajstić information content (AvgIpc) is 2.94. The Kier molecular flexibility index (Phi) is 8.13. The zero-order chi connectivity index (χ0) is 27.4. The molecule has 1 unspecified atom stereocenters. The van der Waals surface area contributed by atoms with Crippen molar-refractivity contribution in [3.05, 3.63) is 35.8 Å². The van der Waals surface area contributed by atoms with E-state index in [9.17, 15) is 14.3 Å². The van der Waals surface area contributed by atoms with E-state index in [2.05, 4.69) is 36.0 Å². The first-order chi connectivity index (χ1) is 18.9. The third-order valence-electron chi connectivity index (χ3n) is 6.69. The zero-order valence-corrected chi connectivity index (χ0v) is 22.7. The number of fused-ring (bicyclic) bond motifs is 1. The molecule has 0 aromatic carbocycles. The normalized spacial score (nSPS) is 20.2. The average molecular weight is 551 g/mol. The van der Waals surface area contributed by atoms with Gasteiger partial charge in [0.05, 0.1) is 36.0 Å². The van der Waals surface area contributed by atoms with E-state index in [4.69, 9.17) is 14.5 Å². The van der Waals surface area contributed by atoms with Gasteiger partial charge in [-0.3, -0.25) is 14.5 Å². The molecule has 1 atom stereocenters. The number of aromatic nitrogens is 4. The minimum Gasteiger partial charge on any atom is -0.474 e. The summed E-state index contributed by atoms with van der Waals surface area (Å²) in [7, 11) is -1.86. The summed E-state index contributed by atoms with van der Waals surface area (Å²) < 4.78 is 26.7. The summed E-state index contributed by atoms with van der Waals surface area (Å²) in [6.07, 6.45) is 4.76. The van der Waals surface area contributed by atoms with E-state index in [-0.39, 0.29) is 12.1 Å². The van der Waals surface area contributed by atoms with E-state index in [1.54, 1.807) is 18.3 Å². The molecule has 0 amide bonds. The summed E-state index contributed by atoms with van der Waals surface area (Å²) in [6.45, 7) is 5.80. The summed E-state index contributed by atoms with van der Waals surface area (Å²) in [4.78, 5) is 31.7. The molecule has 4 heterocycles. The van der Waals surface area contributed by atoms with Gasteiger partial charge in [0.1, 0.15) is 23.7 Å². The number of anilines is 3. The number of nitrogens with one attached hydrogen (secondary N) is 2. The Morgan fingerprint density at radius 2 is 1.92 bits per heavy atom. The molecule has 39 heavy (non-hydrogen) atoms. The zero-order valence-electron chi connectivity index (χ0n) is 21.8. The van der Waals surface area contributed by atoms with Gasteiger partial charge in [0.15, 0.2) is 11.0 Å². The molecule has 1 aliphatic carbocycles. The standard InChI is InChI=1S/C26H30N8O4S/c1-16-11-19(14-27)31-26(29-16)30-18-3-5-21(6-4-18)38-25-22-12-20(33-39(36)17(2)35)15-28-23(22)13-24(32-25)34-7-9-37-10-8-34/h11-13,15,18,21,33H,3-10H2,1-2H3,(H,29,30,31). The van der Waals surface area contributed by atoms with Gasteiger partial charge < -0.3 is 19.7 Å². The second-order valence-corrected chi connectivity index (χ2v) is 10.9. The van der Waals surface area contributed by atoms with Gasteiger partial charge in [-0.05, 0) is 44.7 Å². The second kappa shape index (κ2) is 11.9. The first-order valence-corrected chi connectivity index (χ1v) is 14.0. The highest BCUT2D eigenvalue weighted by Crippen LogP contribution is 2.33. The van der Waals surface area contributed by atoms with Gasteiger partial charge in [-0.25, -0.2) is 14.2 Å². The maximum atomic E-state index is 12.1. The van der Waals surface area contributed by atoms with Crippen LogP contribution in [0.25, 0.3) is 10.9 Å². The van der Waals surface area contributed by atoms with Crippen LogP contribution >= 0.6 is 0 Å². The van der Waals surface area contributed by atoms with Crippen molar-refractivity contribution in [3.8, 4) is 11.9 Å². The molecule has 204 valence electrons. The minimum absolute atomic E-state index is 0.0604. The summed E-state index contributed by atoms with van der Waals surface area (Å²) in [5.41, 5.74) is 2.23. The van der Waals surface area contributed by atoms with E-state index in [1.165, 1.54) is 6.92 Å². The Bertz CT molecular complexity index is 1430. The van der Waals surface area contributed by atoms with Gasteiger partial charge >= 0.3 is 0 Å². The lowest BCUT2D eigenvalue weighted by molar-refractivity contribution is -0.109. The summed E-state index contributed by atoms with van der Waals surface area (Å²) in [5.74, 6) is 1.69. The monoisotopic (exact) mass is 550 g/mol. The lowest BCUT2D eigenvalue weighted by Crippen LogP contribution is -2.37. The van der Waals surface area contributed by atoms with Crippen molar-refractivity contribution in [2.24, 2.45) is 0 Å². The van der Waals surface area contributed by atoms with E-state index in [1.807, 2.05) is 13.0 Å². The first-order valence-electron chi connectivity index (χ1n) is 12.9. The molecule has 2 aliphatic rings. The largest absolute Gasteiger partial charge is 0.474 e. The third kappa shape index (κ3) is 6.58. The fourth-order valence-electron chi connectivity index (χ4n) is 4.72. The number of nitrogens with zero attached hydrogens (tertiary/aromatic N) is 6. The van der Waals surface area contributed by atoms with Crippen molar-refractivity contribution in [1.82, 2.24) is 19.9 Å². The second-order valence-electron chi connectivity index (χ2n) is 9.60.